The third-order valence-electron chi connectivity index (χ3n) is 4.08. The fourth-order valence-corrected chi connectivity index (χ4v) is 2.81. The monoisotopic (exact) mass is 355 g/mol. The van der Waals surface area contributed by atoms with Crippen molar-refractivity contribution in [3.8, 4) is 0 Å². The molecule has 0 bridgehead atoms. The summed E-state index contributed by atoms with van der Waals surface area (Å²) in [6, 6.07) is 0. The lowest BCUT2D eigenvalue weighted by Gasteiger charge is -2.31. The van der Waals surface area contributed by atoms with Gasteiger partial charge in [0.2, 0.25) is 5.91 Å². The highest BCUT2D eigenvalue weighted by Gasteiger charge is 2.22. The molecule has 0 aromatic carbocycles. The van der Waals surface area contributed by atoms with Gasteiger partial charge in [-0.2, -0.15) is 0 Å². The van der Waals surface area contributed by atoms with Gasteiger partial charge in [0.1, 0.15) is 0 Å². The first-order valence-electron chi connectivity index (χ1n) is 9.45. The molecule has 1 aliphatic heterocycles. The second-order valence-electron chi connectivity index (χ2n) is 7.72. The highest BCUT2D eigenvalue weighted by molar-refractivity contribution is 5.78. The third kappa shape index (κ3) is 11.0. The van der Waals surface area contributed by atoms with E-state index in [2.05, 4.69) is 20.5 Å². The molecule has 0 radical (unpaired) electrons. The van der Waals surface area contributed by atoms with Crippen molar-refractivity contribution in [2.24, 2.45) is 16.6 Å². The molecule has 7 nitrogen and oxygen atoms in total. The van der Waals surface area contributed by atoms with Crippen LogP contribution in [-0.4, -0.2) is 68.2 Å². The van der Waals surface area contributed by atoms with Crippen molar-refractivity contribution in [2.45, 2.75) is 52.5 Å². The molecule has 1 aliphatic rings. The Morgan fingerprint density at radius 3 is 2.60 bits per heavy atom. The maximum atomic E-state index is 12.0. The lowest BCUT2D eigenvalue weighted by Crippen LogP contribution is -2.47. The van der Waals surface area contributed by atoms with Crippen molar-refractivity contribution >= 4 is 11.9 Å². The summed E-state index contributed by atoms with van der Waals surface area (Å²) in [5.41, 5.74) is 5.72. The third-order valence-corrected chi connectivity index (χ3v) is 4.08. The summed E-state index contributed by atoms with van der Waals surface area (Å²) in [7, 11) is 0. The zero-order chi connectivity index (χ0) is 18.7. The summed E-state index contributed by atoms with van der Waals surface area (Å²) in [6.07, 6.45) is 3.05. The first kappa shape index (κ1) is 21.7. The van der Waals surface area contributed by atoms with Crippen LogP contribution in [0.5, 0.6) is 0 Å². The average Bonchev–Trinajstić information content (AvgIpc) is 2.52. The number of hydrogen-bond donors (Lipinski definition) is 3. The van der Waals surface area contributed by atoms with Crippen molar-refractivity contribution in [3.05, 3.63) is 0 Å². The zero-order valence-electron chi connectivity index (χ0n) is 16.4. The number of carbonyl (C=O) groups is 1. The fraction of sp³-hybridized carbons (Fsp3) is 0.889. The molecular weight excluding hydrogens is 318 g/mol. The van der Waals surface area contributed by atoms with Gasteiger partial charge in [0.15, 0.2) is 5.96 Å². The van der Waals surface area contributed by atoms with E-state index in [1.54, 1.807) is 0 Å². The van der Waals surface area contributed by atoms with Gasteiger partial charge in [0.25, 0.3) is 0 Å². The van der Waals surface area contributed by atoms with E-state index in [0.717, 1.165) is 58.7 Å². The first-order chi connectivity index (χ1) is 11.8. The molecule has 0 aromatic rings. The maximum absolute atomic E-state index is 12.0. The molecule has 1 saturated heterocycles. The minimum atomic E-state index is -0.169. The standard InChI is InChI=1S/C18H37N5O2/c1-5-25-12-6-9-20-17(19)21-13-15-7-10-23(11-8-15)14-16(24)22-18(2,3)4/h15H,5-14H2,1-4H3,(H,22,24)(H3,19,20,21). The second-order valence-corrected chi connectivity index (χ2v) is 7.72. The molecule has 1 amide bonds. The number of guanidine groups is 1. The summed E-state index contributed by atoms with van der Waals surface area (Å²) < 4.78 is 5.28. The predicted octanol–water partition coefficient (Wildman–Crippen LogP) is 0.944. The molecule has 0 saturated carbocycles. The zero-order valence-corrected chi connectivity index (χ0v) is 16.4. The van der Waals surface area contributed by atoms with Gasteiger partial charge >= 0.3 is 0 Å². The number of nitrogens with one attached hydrogen (secondary N) is 2. The Bertz CT molecular complexity index is 412. The van der Waals surface area contributed by atoms with Gasteiger partial charge in [0.05, 0.1) is 6.54 Å². The number of ether oxygens (including phenoxy) is 1. The van der Waals surface area contributed by atoms with E-state index in [9.17, 15) is 4.79 Å². The van der Waals surface area contributed by atoms with E-state index in [1.807, 2.05) is 27.7 Å². The number of hydrogen-bond acceptors (Lipinski definition) is 4. The Hall–Kier alpha value is -1.34. The van der Waals surface area contributed by atoms with Crippen LogP contribution in [0.15, 0.2) is 4.99 Å². The largest absolute Gasteiger partial charge is 0.382 e. The average molecular weight is 356 g/mol. The smallest absolute Gasteiger partial charge is 0.234 e. The van der Waals surface area contributed by atoms with E-state index >= 15 is 0 Å². The number of likely N-dealkylation sites (tertiary alicyclic amines) is 1. The van der Waals surface area contributed by atoms with E-state index < -0.39 is 0 Å². The van der Waals surface area contributed by atoms with Crippen LogP contribution in [0.2, 0.25) is 0 Å². The van der Waals surface area contributed by atoms with Crippen molar-refractivity contribution in [3.63, 3.8) is 0 Å². The van der Waals surface area contributed by atoms with Gasteiger partial charge in [-0.05, 0) is 66.0 Å². The number of aliphatic imine (C=N–C) groups is 1. The molecule has 1 heterocycles. The minimum absolute atomic E-state index is 0.101. The van der Waals surface area contributed by atoms with Gasteiger partial charge in [-0.15, -0.1) is 0 Å². The van der Waals surface area contributed by atoms with Crippen LogP contribution in [-0.2, 0) is 9.53 Å². The number of piperidine rings is 1. The Balaban J connectivity index is 2.17. The van der Waals surface area contributed by atoms with Crippen LogP contribution in [0.25, 0.3) is 0 Å². The van der Waals surface area contributed by atoms with Gasteiger partial charge in [-0.25, -0.2) is 0 Å². The molecule has 0 aromatic heterocycles. The van der Waals surface area contributed by atoms with E-state index in [4.69, 9.17) is 10.5 Å². The summed E-state index contributed by atoms with van der Waals surface area (Å²) in [4.78, 5) is 18.6. The number of rotatable bonds is 9. The molecule has 0 spiro atoms. The maximum Gasteiger partial charge on any atom is 0.234 e. The topological polar surface area (TPSA) is 92.0 Å². The number of nitrogens with zero attached hydrogens (tertiary/aromatic N) is 2. The molecule has 1 rings (SSSR count). The van der Waals surface area contributed by atoms with E-state index in [0.29, 0.717) is 18.4 Å². The fourth-order valence-electron chi connectivity index (χ4n) is 2.81. The number of nitrogens with two attached hydrogens (primary N) is 1. The molecule has 7 heteroatoms. The lowest BCUT2D eigenvalue weighted by atomic mass is 9.97. The highest BCUT2D eigenvalue weighted by Crippen LogP contribution is 2.17. The molecular formula is C18H37N5O2. The summed E-state index contributed by atoms with van der Waals surface area (Å²) >= 11 is 0. The normalized spacial score (nSPS) is 17.5. The van der Waals surface area contributed by atoms with Gasteiger partial charge in [-0.3, -0.25) is 14.7 Å². The van der Waals surface area contributed by atoms with Crippen molar-refractivity contribution in [1.29, 1.82) is 0 Å². The summed E-state index contributed by atoms with van der Waals surface area (Å²) in [6.45, 7) is 13.4. The van der Waals surface area contributed by atoms with Gasteiger partial charge in [0, 0.05) is 31.8 Å². The Labute approximate surface area is 152 Å². The van der Waals surface area contributed by atoms with Crippen LogP contribution in [0.1, 0.15) is 47.0 Å². The number of amides is 1. The second kappa shape index (κ2) is 11.3. The van der Waals surface area contributed by atoms with Crippen LogP contribution < -0.4 is 16.4 Å². The van der Waals surface area contributed by atoms with E-state index in [1.165, 1.54) is 0 Å². The number of carbonyl (C=O) groups excluding carboxylic acids is 1. The molecule has 146 valence electrons. The molecule has 25 heavy (non-hydrogen) atoms. The van der Waals surface area contributed by atoms with Crippen LogP contribution in [0, 0.1) is 5.92 Å². The molecule has 0 atom stereocenters. The Kier molecular flexibility index (Phi) is 9.82. The van der Waals surface area contributed by atoms with Gasteiger partial charge in [-0.1, -0.05) is 0 Å². The van der Waals surface area contributed by atoms with Gasteiger partial charge < -0.3 is 21.1 Å². The summed E-state index contributed by atoms with van der Waals surface area (Å²) in [5.74, 6) is 1.17. The lowest BCUT2D eigenvalue weighted by molar-refractivity contribution is -0.124. The molecule has 4 N–H and O–H groups in total. The first-order valence-corrected chi connectivity index (χ1v) is 9.45. The van der Waals surface area contributed by atoms with Crippen molar-refractivity contribution in [2.75, 3.05) is 45.9 Å². The van der Waals surface area contributed by atoms with Crippen molar-refractivity contribution < 1.29 is 9.53 Å². The highest BCUT2D eigenvalue weighted by atomic mass is 16.5. The molecule has 0 aliphatic carbocycles. The SMILES string of the molecule is CCOCCCNC(N)=NCC1CCN(CC(=O)NC(C)(C)C)CC1. The summed E-state index contributed by atoms with van der Waals surface area (Å²) in [5, 5.41) is 6.14. The molecule has 1 fully saturated rings. The minimum Gasteiger partial charge on any atom is -0.382 e. The van der Waals surface area contributed by atoms with Crippen LogP contribution in [0.4, 0.5) is 0 Å². The molecule has 0 unspecified atom stereocenters. The Morgan fingerprint density at radius 2 is 2.00 bits per heavy atom. The van der Waals surface area contributed by atoms with Crippen molar-refractivity contribution in [1.82, 2.24) is 15.5 Å². The van der Waals surface area contributed by atoms with Crippen LogP contribution in [0.3, 0.4) is 0 Å². The van der Waals surface area contributed by atoms with E-state index in [-0.39, 0.29) is 11.4 Å². The Morgan fingerprint density at radius 1 is 1.32 bits per heavy atom. The predicted molar refractivity (Wildman–Crippen MR) is 103 cm³/mol. The van der Waals surface area contributed by atoms with Crippen LogP contribution >= 0.6 is 0 Å². The quantitative estimate of drug-likeness (QED) is 0.325.